The van der Waals surface area contributed by atoms with E-state index in [0.717, 1.165) is 19.4 Å². The van der Waals surface area contributed by atoms with E-state index >= 15 is 0 Å². The molecule has 0 bridgehead atoms. The van der Waals surface area contributed by atoms with Crippen molar-refractivity contribution in [3.8, 4) is 0 Å². The molecule has 0 spiro atoms. The lowest BCUT2D eigenvalue weighted by Crippen LogP contribution is -2.46. The van der Waals surface area contributed by atoms with E-state index < -0.39 is 12.7 Å². The maximum atomic E-state index is 12.6. The second-order valence-corrected chi connectivity index (χ2v) is 6.03. The fraction of sp³-hybridized carbons (Fsp3) is 1.00. The van der Waals surface area contributed by atoms with E-state index in [9.17, 15) is 13.2 Å². The number of nitrogens with one attached hydrogen (secondary N) is 1. The molecule has 0 aromatic heterocycles. The van der Waals surface area contributed by atoms with E-state index in [1.165, 1.54) is 4.90 Å². The highest BCUT2D eigenvalue weighted by Crippen LogP contribution is 2.25. The highest BCUT2D eigenvalue weighted by molar-refractivity contribution is 4.81. The Labute approximate surface area is 115 Å². The van der Waals surface area contributed by atoms with Crippen LogP contribution in [0.3, 0.4) is 0 Å². The third-order valence-corrected chi connectivity index (χ3v) is 3.34. The molecule has 5 heteroatoms. The second-order valence-electron chi connectivity index (χ2n) is 6.03. The van der Waals surface area contributed by atoms with Gasteiger partial charge in [0.25, 0.3) is 0 Å². The largest absolute Gasteiger partial charge is 0.401 e. The molecule has 0 aromatic carbocycles. The maximum Gasteiger partial charge on any atom is 0.401 e. The topological polar surface area (TPSA) is 15.3 Å². The van der Waals surface area contributed by atoms with Crippen molar-refractivity contribution in [2.24, 2.45) is 5.41 Å². The predicted octanol–water partition coefficient (Wildman–Crippen LogP) is 3.68. The first-order chi connectivity index (χ1) is 8.62. The van der Waals surface area contributed by atoms with Crippen LogP contribution in [-0.4, -0.2) is 43.3 Å². The molecule has 2 nitrogen and oxygen atoms in total. The number of halogens is 3. The highest BCUT2D eigenvalue weighted by atomic mass is 19.4. The summed E-state index contributed by atoms with van der Waals surface area (Å²) in [6.07, 6.45) is -2.51. The van der Waals surface area contributed by atoms with Crippen molar-refractivity contribution in [2.45, 2.75) is 59.7 Å². The van der Waals surface area contributed by atoms with Crippen molar-refractivity contribution in [1.29, 1.82) is 0 Å². The first-order valence-corrected chi connectivity index (χ1v) is 7.14. The average molecular weight is 282 g/mol. The standard InChI is InChI=1S/C14H29F3N2/c1-6-8-19(11-14(15,16)17)10-13(5,7-2)9-18-12(3)4/h12,18H,6-11H2,1-5H3. The Morgan fingerprint density at radius 2 is 1.68 bits per heavy atom. The zero-order valence-corrected chi connectivity index (χ0v) is 12.9. The number of nitrogens with zero attached hydrogens (tertiary/aromatic N) is 1. The van der Waals surface area contributed by atoms with Crippen molar-refractivity contribution in [2.75, 3.05) is 26.2 Å². The van der Waals surface area contributed by atoms with Crippen LogP contribution in [0.5, 0.6) is 0 Å². The van der Waals surface area contributed by atoms with E-state index in [1.54, 1.807) is 0 Å². The first-order valence-electron chi connectivity index (χ1n) is 7.14. The van der Waals surface area contributed by atoms with Crippen LogP contribution < -0.4 is 5.32 Å². The molecule has 0 aliphatic carbocycles. The quantitative estimate of drug-likeness (QED) is 0.694. The fourth-order valence-corrected chi connectivity index (χ4v) is 2.07. The molecule has 1 unspecified atom stereocenters. The van der Waals surface area contributed by atoms with Gasteiger partial charge in [0.2, 0.25) is 0 Å². The lowest BCUT2D eigenvalue weighted by molar-refractivity contribution is -0.149. The van der Waals surface area contributed by atoms with Crippen molar-refractivity contribution >= 4 is 0 Å². The Balaban J connectivity index is 4.57. The summed E-state index contributed by atoms with van der Waals surface area (Å²) in [6, 6.07) is 0.355. The molecule has 1 atom stereocenters. The minimum Gasteiger partial charge on any atom is -0.314 e. The monoisotopic (exact) mass is 282 g/mol. The molecule has 0 fully saturated rings. The van der Waals surface area contributed by atoms with E-state index in [-0.39, 0.29) is 5.41 Å². The molecule has 0 aliphatic heterocycles. The van der Waals surface area contributed by atoms with Crippen LogP contribution >= 0.6 is 0 Å². The zero-order valence-electron chi connectivity index (χ0n) is 12.9. The maximum absolute atomic E-state index is 12.6. The van der Waals surface area contributed by atoms with Gasteiger partial charge in [0.05, 0.1) is 6.54 Å². The number of alkyl halides is 3. The molecule has 19 heavy (non-hydrogen) atoms. The lowest BCUT2D eigenvalue weighted by atomic mass is 9.86. The van der Waals surface area contributed by atoms with Gasteiger partial charge < -0.3 is 5.32 Å². The molecule has 0 saturated heterocycles. The van der Waals surface area contributed by atoms with Gasteiger partial charge in [-0.2, -0.15) is 13.2 Å². The van der Waals surface area contributed by atoms with Crippen molar-refractivity contribution in [3.05, 3.63) is 0 Å². The molecule has 0 heterocycles. The normalized spacial score (nSPS) is 16.1. The number of hydrogen-bond donors (Lipinski definition) is 1. The van der Waals surface area contributed by atoms with Crippen molar-refractivity contribution in [1.82, 2.24) is 10.2 Å². The summed E-state index contributed by atoms with van der Waals surface area (Å²) in [6.45, 7) is 11.0. The summed E-state index contributed by atoms with van der Waals surface area (Å²) in [5.41, 5.74) is -0.120. The Kier molecular flexibility index (Phi) is 7.98. The van der Waals surface area contributed by atoms with Crippen LogP contribution in [0.1, 0.15) is 47.5 Å². The second kappa shape index (κ2) is 8.10. The van der Waals surface area contributed by atoms with E-state index in [4.69, 9.17) is 0 Å². The fourth-order valence-electron chi connectivity index (χ4n) is 2.07. The van der Waals surface area contributed by atoms with Crippen LogP contribution in [0.2, 0.25) is 0 Å². The summed E-state index contributed by atoms with van der Waals surface area (Å²) >= 11 is 0. The van der Waals surface area contributed by atoms with Gasteiger partial charge in [-0.3, -0.25) is 4.90 Å². The van der Waals surface area contributed by atoms with Crippen LogP contribution in [0, 0.1) is 5.41 Å². The Hall–Kier alpha value is -0.290. The molecule has 0 amide bonds. The number of rotatable bonds is 9. The van der Waals surface area contributed by atoms with Gasteiger partial charge in [0.15, 0.2) is 0 Å². The molecule has 0 aromatic rings. The van der Waals surface area contributed by atoms with E-state index in [0.29, 0.717) is 19.1 Å². The molecule has 0 radical (unpaired) electrons. The molecular weight excluding hydrogens is 253 g/mol. The summed E-state index contributed by atoms with van der Waals surface area (Å²) < 4.78 is 37.7. The van der Waals surface area contributed by atoms with E-state index in [1.807, 2.05) is 13.8 Å². The van der Waals surface area contributed by atoms with Crippen molar-refractivity contribution in [3.63, 3.8) is 0 Å². The van der Waals surface area contributed by atoms with Gasteiger partial charge in [0.1, 0.15) is 0 Å². The third-order valence-electron chi connectivity index (χ3n) is 3.34. The first kappa shape index (κ1) is 18.7. The molecular formula is C14H29F3N2. The lowest BCUT2D eigenvalue weighted by Gasteiger charge is -2.36. The van der Waals surface area contributed by atoms with Crippen LogP contribution in [0.25, 0.3) is 0 Å². The molecule has 0 rings (SSSR count). The van der Waals surface area contributed by atoms with Gasteiger partial charge >= 0.3 is 6.18 Å². The predicted molar refractivity (Wildman–Crippen MR) is 74.3 cm³/mol. The zero-order chi connectivity index (χ0) is 15.1. The highest BCUT2D eigenvalue weighted by Gasteiger charge is 2.33. The van der Waals surface area contributed by atoms with Crippen LogP contribution in [0.4, 0.5) is 13.2 Å². The number of hydrogen-bond acceptors (Lipinski definition) is 2. The molecule has 0 aliphatic rings. The Bertz CT molecular complexity index is 241. The minimum atomic E-state index is -4.12. The van der Waals surface area contributed by atoms with E-state index in [2.05, 4.69) is 26.1 Å². The van der Waals surface area contributed by atoms with Crippen LogP contribution in [-0.2, 0) is 0 Å². The minimum absolute atomic E-state index is 0.120. The van der Waals surface area contributed by atoms with Gasteiger partial charge in [-0.15, -0.1) is 0 Å². The summed E-state index contributed by atoms with van der Waals surface area (Å²) in [4.78, 5) is 1.53. The summed E-state index contributed by atoms with van der Waals surface area (Å²) in [5, 5.41) is 3.34. The smallest absolute Gasteiger partial charge is 0.314 e. The van der Waals surface area contributed by atoms with Crippen LogP contribution in [0.15, 0.2) is 0 Å². The Morgan fingerprint density at radius 3 is 2.05 bits per heavy atom. The van der Waals surface area contributed by atoms with Gasteiger partial charge in [-0.1, -0.05) is 34.6 Å². The Morgan fingerprint density at radius 1 is 1.11 bits per heavy atom. The summed E-state index contributed by atoms with van der Waals surface area (Å²) in [7, 11) is 0. The van der Waals surface area contributed by atoms with Gasteiger partial charge in [-0.25, -0.2) is 0 Å². The third kappa shape index (κ3) is 9.27. The molecule has 116 valence electrons. The van der Waals surface area contributed by atoms with Gasteiger partial charge in [0, 0.05) is 19.1 Å². The average Bonchev–Trinajstić information content (AvgIpc) is 2.24. The summed E-state index contributed by atoms with van der Waals surface area (Å²) in [5.74, 6) is 0. The van der Waals surface area contributed by atoms with Crippen molar-refractivity contribution < 1.29 is 13.2 Å². The molecule has 0 saturated carbocycles. The van der Waals surface area contributed by atoms with Gasteiger partial charge in [-0.05, 0) is 24.8 Å². The molecule has 1 N–H and O–H groups in total. The SMILES string of the molecule is CCCN(CC(F)(F)F)CC(C)(CC)CNC(C)C.